The van der Waals surface area contributed by atoms with Gasteiger partial charge < -0.3 is 14.8 Å². The number of allylic oxidation sites excluding steroid dienone is 2. The molecular formula is C24H34N2O3. The molecule has 5 heteroatoms. The van der Waals surface area contributed by atoms with E-state index in [-0.39, 0.29) is 18.6 Å². The summed E-state index contributed by atoms with van der Waals surface area (Å²) >= 11 is 0. The summed E-state index contributed by atoms with van der Waals surface area (Å²) in [5.74, 6) is 1.45. The minimum Gasteiger partial charge on any atom is -0.494 e. The summed E-state index contributed by atoms with van der Waals surface area (Å²) in [7, 11) is 0. The van der Waals surface area contributed by atoms with Gasteiger partial charge in [0.25, 0.3) is 5.91 Å². The van der Waals surface area contributed by atoms with Gasteiger partial charge in [-0.1, -0.05) is 25.2 Å². The van der Waals surface area contributed by atoms with E-state index in [1.54, 1.807) is 0 Å². The molecule has 1 atom stereocenters. The summed E-state index contributed by atoms with van der Waals surface area (Å²) in [6, 6.07) is 8.11. The number of hydrogen-bond donors (Lipinski definition) is 1. The van der Waals surface area contributed by atoms with E-state index in [2.05, 4.69) is 42.3 Å². The number of ether oxygens (including phenoxy) is 2. The molecule has 1 fully saturated rings. The minimum atomic E-state index is -0.0549. The smallest absolute Gasteiger partial charge is 0.258 e. The van der Waals surface area contributed by atoms with Crippen LogP contribution in [0.1, 0.15) is 46.0 Å². The van der Waals surface area contributed by atoms with Crippen LogP contribution in [-0.2, 0) is 4.79 Å². The molecule has 1 saturated heterocycles. The maximum Gasteiger partial charge on any atom is 0.258 e. The monoisotopic (exact) mass is 398 g/mol. The number of nitrogens with zero attached hydrogens (tertiary/aromatic N) is 1. The molecule has 1 N–H and O–H groups in total. The first-order valence-electron chi connectivity index (χ1n) is 10.9. The van der Waals surface area contributed by atoms with Gasteiger partial charge >= 0.3 is 0 Å². The van der Waals surface area contributed by atoms with Crippen molar-refractivity contribution in [3.63, 3.8) is 0 Å². The fourth-order valence-electron chi connectivity index (χ4n) is 3.86. The molecule has 0 saturated carbocycles. The number of nitrogens with one attached hydrogen (secondary N) is 1. The van der Waals surface area contributed by atoms with Crippen molar-refractivity contribution in [2.75, 3.05) is 26.3 Å². The quantitative estimate of drug-likeness (QED) is 0.680. The van der Waals surface area contributed by atoms with E-state index >= 15 is 0 Å². The van der Waals surface area contributed by atoms with Gasteiger partial charge in [-0.2, -0.15) is 0 Å². The highest BCUT2D eigenvalue weighted by Gasteiger charge is 2.25. The third-order valence-corrected chi connectivity index (χ3v) is 5.61. The van der Waals surface area contributed by atoms with Crippen LogP contribution in [-0.4, -0.2) is 49.2 Å². The lowest BCUT2D eigenvalue weighted by atomic mass is 9.97. The second kappa shape index (κ2) is 11.1. The molecule has 1 amide bonds. The predicted octanol–water partition coefficient (Wildman–Crippen LogP) is 4.10. The standard InChI is InChI=1S/C24H34N2O3/c1-3-17-28-22-9-11-23(12-10-22)29-18-24(27)25-21-13-15-26(16-14-21)19(2)20-7-5-4-6-8-20/h5,7-12,19,21H,3-4,6,13-18H2,1-2H3,(H,25,27). The van der Waals surface area contributed by atoms with Crippen molar-refractivity contribution in [2.24, 2.45) is 0 Å². The Hall–Kier alpha value is -2.27. The van der Waals surface area contributed by atoms with Gasteiger partial charge in [0.2, 0.25) is 0 Å². The molecule has 1 aromatic rings. The lowest BCUT2D eigenvalue weighted by Gasteiger charge is -2.37. The van der Waals surface area contributed by atoms with E-state index < -0.39 is 0 Å². The molecular weight excluding hydrogens is 364 g/mol. The maximum absolute atomic E-state index is 12.3. The fraction of sp³-hybridized carbons (Fsp3) is 0.542. The third kappa shape index (κ3) is 6.64. The molecule has 158 valence electrons. The van der Waals surface area contributed by atoms with Crippen LogP contribution in [0.2, 0.25) is 0 Å². The van der Waals surface area contributed by atoms with Crippen molar-refractivity contribution in [1.29, 1.82) is 0 Å². The van der Waals surface area contributed by atoms with Crippen LogP contribution in [0.25, 0.3) is 0 Å². The molecule has 3 rings (SSSR count). The van der Waals surface area contributed by atoms with Crippen LogP contribution in [0.3, 0.4) is 0 Å². The summed E-state index contributed by atoms with van der Waals surface area (Å²) < 4.78 is 11.2. The van der Waals surface area contributed by atoms with Crippen molar-refractivity contribution in [3.05, 3.63) is 48.1 Å². The Morgan fingerprint density at radius 2 is 1.83 bits per heavy atom. The second-order valence-corrected chi connectivity index (χ2v) is 7.85. The molecule has 2 aliphatic rings. The summed E-state index contributed by atoms with van der Waals surface area (Å²) in [4.78, 5) is 14.8. The highest BCUT2D eigenvalue weighted by Crippen LogP contribution is 2.22. The lowest BCUT2D eigenvalue weighted by molar-refractivity contribution is -0.124. The molecule has 29 heavy (non-hydrogen) atoms. The van der Waals surface area contributed by atoms with Gasteiger partial charge in [-0.25, -0.2) is 0 Å². The van der Waals surface area contributed by atoms with E-state index in [1.165, 1.54) is 5.57 Å². The predicted molar refractivity (Wildman–Crippen MR) is 116 cm³/mol. The van der Waals surface area contributed by atoms with Crippen molar-refractivity contribution in [2.45, 2.75) is 58.0 Å². The zero-order chi connectivity index (χ0) is 20.5. The van der Waals surface area contributed by atoms with Crippen LogP contribution >= 0.6 is 0 Å². The largest absolute Gasteiger partial charge is 0.494 e. The van der Waals surface area contributed by atoms with Crippen molar-refractivity contribution >= 4 is 5.91 Å². The Balaban J connectivity index is 1.36. The normalized spacial score (nSPS) is 18.8. The first-order chi connectivity index (χ1) is 14.2. The highest BCUT2D eigenvalue weighted by atomic mass is 16.5. The Labute approximate surface area is 174 Å². The van der Waals surface area contributed by atoms with Crippen LogP contribution in [0.5, 0.6) is 11.5 Å². The number of carbonyl (C=O) groups is 1. The van der Waals surface area contributed by atoms with Gasteiger partial charge in [0.15, 0.2) is 6.61 Å². The van der Waals surface area contributed by atoms with E-state index in [4.69, 9.17) is 9.47 Å². The molecule has 5 nitrogen and oxygen atoms in total. The number of amides is 1. The number of benzene rings is 1. The lowest BCUT2D eigenvalue weighted by Crippen LogP contribution is -2.48. The van der Waals surface area contributed by atoms with E-state index in [0.29, 0.717) is 18.4 Å². The molecule has 1 aromatic carbocycles. The van der Waals surface area contributed by atoms with Crippen molar-refractivity contribution in [3.8, 4) is 11.5 Å². The molecule has 1 aliphatic carbocycles. The Bertz CT molecular complexity index is 703. The van der Waals surface area contributed by atoms with E-state index in [9.17, 15) is 4.79 Å². The number of hydrogen-bond acceptors (Lipinski definition) is 4. The van der Waals surface area contributed by atoms with E-state index in [0.717, 1.165) is 50.9 Å². The van der Waals surface area contributed by atoms with Gasteiger partial charge in [0.1, 0.15) is 11.5 Å². The minimum absolute atomic E-state index is 0.0451. The Kier molecular flexibility index (Phi) is 8.17. The first kappa shape index (κ1) is 21.4. The van der Waals surface area contributed by atoms with Crippen LogP contribution in [0, 0.1) is 0 Å². The fourth-order valence-corrected chi connectivity index (χ4v) is 3.86. The van der Waals surface area contributed by atoms with Gasteiger partial charge in [-0.05, 0) is 68.9 Å². The van der Waals surface area contributed by atoms with Crippen LogP contribution < -0.4 is 14.8 Å². The average Bonchev–Trinajstić information content (AvgIpc) is 2.77. The summed E-state index contributed by atoms with van der Waals surface area (Å²) in [6.45, 7) is 7.13. The van der Waals surface area contributed by atoms with Crippen molar-refractivity contribution < 1.29 is 14.3 Å². The average molecular weight is 399 g/mol. The van der Waals surface area contributed by atoms with Gasteiger partial charge in [-0.3, -0.25) is 9.69 Å². The highest BCUT2D eigenvalue weighted by molar-refractivity contribution is 5.77. The number of likely N-dealkylation sites (tertiary alicyclic amines) is 1. The summed E-state index contributed by atoms with van der Waals surface area (Å²) in [5.41, 5.74) is 1.43. The Morgan fingerprint density at radius 3 is 2.45 bits per heavy atom. The van der Waals surface area contributed by atoms with Gasteiger partial charge in [0, 0.05) is 25.2 Å². The van der Waals surface area contributed by atoms with E-state index in [1.807, 2.05) is 24.3 Å². The molecule has 1 aliphatic heterocycles. The number of piperidine rings is 1. The molecule has 0 radical (unpaired) electrons. The molecule has 0 spiro atoms. The van der Waals surface area contributed by atoms with Crippen LogP contribution in [0.4, 0.5) is 0 Å². The Morgan fingerprint density at radius 1 is 1.14 bits per heavy atom. The maximum atomic E-state index is 12.3. The van der Waals surface area contributed by atoms with Crippen molar-refractivity contribution in [1.82, 2.24) is 10.2 Å². The number of rotatable bonds is 9. The molecule has 1 heterocycles. The summed E-state index contributed by atoms with van der Waals surface area (Å²) in [6.07, 6.45) is 12.1. The summed E-state index contributed by atoms with van der Waals surface area (Å²) in [5, 5.41) is 3.12. The first-order valence-corrected chi connectivity index (χ1v) is 10.9. The zero-order valence-electron chi connectivity index (χ0n) is 17.7. The molecule has 0 aromatic heterocycles. The topological polar surface area (TPSA) is 50.8 Å². The van der Waals surface area contributed by atoms with Gasteiger partial charge in [0.05, 0.1) is 6.61 Å². The van der Waals surface area contributed by atoms with Crippen LogP contribution in [0.15, 0.2) is 48.1 Å². The molecule has 0 bridgehead atoms. The third-order valence-electron chi connectivity index (χ3n) is 5.61. The SMILES string of the molecule is CCCOc1ccc(OCC(=O)NC2CCN(C(C)C3=CCCC=C3)CC2)cc1. The van der Waals surface area contributed by atoms with Gasteiger partial charge in [-0.15, -0.1) is 0 Å². The zero-order valence-corrected chi connectivity index (χ0v) is 17.7. The molecule has 1 unspecified atom stereocenters. The second-order valence-electron chi connectivity index (χ2n) is 7.85. The number of carbonyl (C=O) groups excluding carboxylic acids is 1.